The van der Waals surface area contributed by atoms with Crippen molar-refractivity contribution in [2.45, 2.75) is 18.5 Å². The summed E-state index contributed by atoms with van der Waals surface area (Å²) in [5.74, 6) is -0.0253. The number of ketones is 1. The van der Waals surface area contributed by atoms with Crippen LogP contribution in [0, 0.1) is 0 Å². The number of amides is 2. The minimum Gasteiger partial charge on any atom is -0.493 e. The van der Waals surface area contributed by atoms with Gasteiger partial charge in [-0.1, -0.05) is 30.4 Å². The largest absolute Gasteiger partial charge is 0.493 e. The predicted molar refractivity (Wildman–Crippen MR) is 167 cm³/mol. The third kappa shape index (κ3) is 7.34. The molecule has 0 spiro atoms. The van der Waals surface area contributed by atoms with E-state index in [1.54, 1.807) is 36.4 Å². The highest BCUT2D eigenvalue weighted by Gasteiger charge is 2.31. The van der Waals surface area contributed by atoms with E-state index in [9.17, 15) is 14.4 Å². The van der Waals surface area contributed by atoms with Crippen LogP contribution >= 0.6 is 0 Å². The van der Waals surface area contributed by atoms with Gasteiger partial charge in [-0.2, -0.15) is 0 Å². The number of rotatable bonds is 14. The van der Waals surface area contributed by atoms with Crippen molar-refractivity contribution in [1.29, 1.82) is 0 Å². The molecule has 45 heavy (non-hydrogen) atoms. The number of aliphatic hydroxyl groups is 1. The van der Waals surface area contributed by atoms with Gasteiger partial charge in [0.2, 0.25) is 5.78 Å². The van der Waals surface area contributed by atoms with Gasteiger partial charge in [0.05, 0.1) is 46.1 Å². The standard InChI is InChI=1S/C34H37N3O8/c1-42-29-13-12-28(45-17-16-44-15-14-38)30(32(29)43-2)31(39)22-7-9-23(10-8-22)33(40)36-26-19-35-20-27(26)37-34(41)25-11-6-21-4-3-5-24(21)18-25/h3-4,6-13,18,26-27,35,38H,5,14-17,19-20H2,1-2H3,(H,36,40)(H,37,41)/t26-,27-/m1/s1. The van der Waals surface area contributed by atoms with E-state index in [4.69, 9.17) is 24.1 Å². The van der Waals surface area contributed by atoms with Crippen molar-refractivity contribution in [2.75, 3.05) is 53.7 Å². The molecular formula is C34H37N3O8. The number of carbonyl (C=O) groups is 3. The summed E-state index contributed by atoms with van der Waals surface area (Å²) < 4.78 is 22.0. The molecule has 2 atom stereocenters. The fourth-order valence-electron chi connectivity index (χ4n) is 5.42. The molecule has 1 aliphatic heterocycles. The second kappa shape index (κ2) is 14.8. The van der Waals surface area contributed by atoms with Gasteiger partial charge in [0.15, 0.2) is 11.5 Å². The van der Waals surface area contributed by atoms with Gasteiger partial charge in [-0.25, -0.2) is 0 Å². The van der Waals surface area contributed by atoms with Gasteiger partial charge in [-0.15, -0.1) is 0 Å². The number of hydrogen-bond donors (Lipinski definition) is 4. The summed E-state index contributed by atoms with van der Waals surface area (Å²) in [6, 6.07) is 14.6. The number of carbonyl (C=O) groups excluding carboxylic acids is 3. The van der Waals surface area contributed by atoms with Gasteiger partial charge in [-0.05, 0) is 53.9 Å². The summed E-state index contributed by atoms with van der Waals surface area (Å²) in [4.78, 5) is 39.9. The molecule has 0 radical (unpaired) electrons. The minimum absolute atomic E-state index is 0.101. The molecule has 236 valence electrons. The van der Waals surface area contributed by atoms with Gasteiger partial charge in [-0.3, -0.25) is 14.4 Å². The van der Waals surface area contributed by atoms with Gasteiger partial charge < -0.3 is 40.0 Å². The first kappa shape index (κ1) is 31.7. The Hall–Kier alpha value is -4.71. The van der Waals surface area contributed by atoms with Gasteiger partial charge in [0.25, 0.3) is 11.8 Å². The zero-order valence-electron chi connectivity index (χ0n) is 25.3. The molecule has 0 bridgehead atoms. The van der Waals surface area contributed by atoms with Crippen LogP contribution in [-0.2, 0) is 11.2 Å². The van der Waals surface area contributed by atoms with Crippen molar-refractivity contribution in [3.63, 3.8) is 0 Å². The Kier molecular flexibility index (Phi) is 10.5. The van der Waals surface area contributed by atoms with Gasteiger partial charge in [0.1, 0.15) is 17.9 Å². The van der Waals surface area contributed by atoms with Crippen LogP contribution in [0.1, 0.15) is 47.8 Å². The number of benzene rings is 3. The first-order valence-electron chi connectivity index (χ1n) is 14.8. The van der Waals surface area contributed by atoms with Gasteiger partial charge in [0, 0.05) is 29.8 Å². The smallest absolute Gasteiger partial charge is 0.251 e. The van der Waals surface area contributed by atoms with Crippen molar-refractivity contribution in [3.05, 3.63) is 94.1 Å². The number of aliphatic hydroxyl groups excluding tert-OH is 1. The number of methoxy groups -OCH3 is 2. The Balaban J connectivity index is 1.25. The SMILES string of the molecule is COc1ccc(OCCOCCO)c(C(=O)c2ccc(C(=O)N[C@@H]3CNC[C@H]3NC(=O)c3ccc4c(c3)CC=C4)cc2)c1OC. The quantitative estimate of drug-likeness (QED) is 0.159. The van der Waals surface area contributed by atoms with E-state index in [1.807, 2.05) is 24.3 Å². The summed E-state index contributed by atoms with van der Waals surface area (Å²) in [7, 11) is 2.91. The Morgan fingerprint density at radius 3 is 2.18 bits per heavy atom. The second-order valence-corrected chi connectivity index (χ2v) is 10.6. The second-order valence-electron chi connectivity index (χ2n) is 10.6. The Morgan fingerprint density at radius 1 is 0.822 bits per heavy atom. The molecule has 4 N–H and O–H groups in total. The van der Waals surface area contributed by atoms with Crippen molar-refractivity contribution in [1.82, 2.24) is 16.0 Å². The molecule has 0 aromatic heterocycles. The summed E-state index contributed by atoms with van der Waals surface area (Å²) in [6.07, 6.45) is 4.93. The topological polar surface area (TPSA) is 144 Å². The monoisotopic (exact) mass is 615 g/mol. The molecule has 3 aromatic rings. The molecule has 5 rings (SSSR count). The summed E-state index contributed by atoms with van der Waals surface area (Å²) >= 11 is 0. The third-order valence-corrected chi connectivity index (χ3v) is 7.75. The molecule has 0 saturated carbocycles. The summed E-state index contributed by atoms with van der Waals surface area (Å²) in [6.45, 7) is 1.48. The Labute approximate surface area is 261 Å². The van der Waals surface area contributed by atoms with Crippen LogP contribution in [0.2, 0.25) is 0 Å². The Morgan fingerprint density at radius 2 is 1.49 bits per heavy atom. The van der Waals surface area contributed by atoms with E-state index in [2.05, 4.69) is 22.0 Å². The lowest BCUT2D eigenvalue weighted by Crippen LogP contribution is -2.51. The number of ether oxygens (including phenoxy) is 4. The van der Waals surface area contributed by atoms with Crippen LogP contribution in [0.15, 0.2) is 60.7 Å². The molecule has 1 heterocycles. The van der Waals surface area contributed by atoms with Crippen molar-refractivity contribution in [3.8, 4) is 17.2 Å². The van der Waals surface area contributed by atoms with E-state index in [-0.39, 0.29) is 73.2 Å². The zero-order chi connectivity index (χ0) is 31.8. The maximum atomic E-state index is 13.7. The van der Waals surface area contributed by atoms with Crippen molar-refractivity contribution >= 4 is 23.7 Å². The normalized spacial score (nSPS) is 16.6. The maximum Gasteiger partial charge on any atom is 0.251 e. The van der Waals surface area contributed by atoms with Crippen molar-refractivity contribution in [2.24, 2.45) is 0 Å². The van der Waals surface area contributed by atoms with Crippen LogP contribution in [0.4, 0.5) is 0 Å². The fraction of sp³-hybridized carbons (Fsp3) is 0.324. The molecule has 2 amide bonds. The average Bonchev–Trinajstić information content (AvgIpc) is 3.72. The molecule has 2 aliphatic rings. The van der Waals surface area contributed by atoms with Crippen LogP contribution in [0.3, 0.4) is 0 Å². The van der Waals surface area contributed by atoms with Crippen LogP contribution in [0.5, 0.6) is 17.2 Å². The lowest BCUT2D eigenvalue weighted by atomic mass is 9.99. The number of allylic oxidation sites excluding steroid dienone is 1. The third-order valence-electron chi connectivity index (χ3n) is 7.75. The van der Waals surface area contributed by atoms with E-state index in [1.165, 1.54) is 14.2 Å². The molecule has 1 saturated heterocycles. The molecule has 11 nitrogen and oxygen atoms in total. The molecule has 11 heteroatoms. The fourth-order valence-corrected chi connectivity index (χ4v) is 5.42. The zero-order valence-corrected chi connectivity index (χ0v) is 25.3. The molecule has 3 aromatic carbocycles. The highest BCUT2D eigenvalue weighted by molar-refractivity contribution is 6.13. The lowest BCUT2D eigenvalue weighted by Gasteiger charge is -2.21. The number of hydrogen-bond acceptors (Lipinski definition) is 9. The van der Waals surface area contributed by atoms with Gasteiger partial charge >= 0.3 is 0 Å². The lowest BCUT2D eigenvalue weighted by molar-refractivity contribution is 0.0700. The van der Waals surface area contributed by atoms with E-state index < -0.39 is 0 Å². The van der Waals surface area contributed by atoms with Crippen LogP contribution < -0.4 is 30.2 Å². The highest BCUT2D eigenvalue weighted by atomic mass is 16.5. The van der Waals surface area contributed by atoms with Crippen molar-refractivity contribution < 1.29 is 38.4 Å². The number of fused-ring (bicyclic) bond motifs is 1. The Bertz CT molecular complexity index is 1570. The van der Waals surface area contributed by atoms with E-state index >= 15 is 0 Å². The first-order chi connectivity index (χ1) is 21.9. The van der Waals surface area contributed by atoms with E-state index in [0.717, 1.165) is 17.5 Å². The summed E-state index contributed by atoms with van der Waals surface area (Å²) in [5, 5.41) is 18.2. The maximum absolute atomic E-state index is 13.7. The molecule has 1 fully saturated rings. The highest BCUT2D eigenvalue weighted by Crippen LogP contribution is 2.39. The van der Waals surface area contributed by atoms with E-state index in [0.29, 0.717) is 35.5 Å². The number of nitrogens with one attached hydrogen (secondary N) is 3. The van der Waals surface area contributed by atoms with Crippen LogP contribution in [0.25, 0.3) is 6.08 Å². The molecule has 0 unspecified atom stereocenters. The average molecular weight is 616 g/mol. The van der Waals surface area contributed by atoms with Crippen LogP contribution in [-0.4, -0.2) is 88.5 Å². The molecular weight excluding hydrogens is 578 g/mol. The first-order valence-corrected chi connectivity index (χ1v) is 14.8. The predicted octanol–water partition coefficient (Wildman–Crippen LogP) is 2.39. The minimum atomic E-state index is -0.380. The summed E-state index contributed by atoms with van der Waals surface area (Å²) in [5.41, 5.74) is 3.69. The molecule has 1 aliphatic carbocycles.